The van der Waals surface area contributed by atoms with E-state index in [-0.39, 0.29) is 5.82 Å². The van der Waals surface area contributed by atoms with Crippen LogP contribution >= 0.6 is 0 Å². The molecule has 1 aromatic carbocycles. The van der Waals surface area contributed by atoms with E-state index < -0.39 is 0 Å². The van der Waals surface area contributed by atoms with Gasteiger partial charge in [0.05, 0.1) is 0 Å². The summed E-state index contributed by atoms with van der Waals surface area (Å²) < 4.78 is 12.8. The lowest BCUT2D eigenvalue weighted by atomic mass is 9.87. The van der Waals surface area contributed by atoms with Gasteiger partial charge in [0.15, 0.2) is 0 Å². The molecular weight excluding hydrogens is 199 g/mol. The third-order valence-corrected chi connectivity index (χ3v) is 3.57. The van der Waals surface area contributed by atoms with Crippen molar-refractivity contribution in [2.75, 3.05) is 0 Å². The van der Waals surface area contributed by atoms with Crippen molar-refractivity contribution in [2.24, 2.45) is 17.3 Å². The maximum absolute atomic E-state index is 12.8. The average molecular weight is 218 g/mol. The van der Waals surface area contributed by atoms with Crippen LogP contribution in [0.4, 0.5) is 4.39 Å². The van der Waals surface area contributed by atoms with Gasteiger partial charge in [0.1, 0.15) is 5.82 Å². The van der Waals surface area contributed by atoms with Gasteiger partial charge in [-0.3, -0.25) is 0 Å². The van der Waals surface area contributed by atoms with Gasteiger partial charge in [-0.15, -0.1) is 0 Å². The number of hydrogen-bond donors (Lipinski definition) is 0. The molecule has 1 aliphatic rings. The highest BCUT2D eigenvalue weighted by Gasteiger charge is 2.46. The Morgan fingerprint density at radius 2 is 1.81 bits per heavy atom. The Morgan fingerprint density at radius 3 is 2.25 bits per heavy atom. The summed E-state index contributed by atoms with van der Waals surface area (Å²) in [5.74, 6) is 1.13. The van der Waals surface area contributed by atoms with E-state index >= 15 is 0 Å². The standard InChI is InChI=1S/C15H19F/c1-10(11-5-7-12(16)8-6-11)13-9-14(13)15(2,3)4/h5-8,13-14H,1,9H2,2-4H3. The number of benzene rings is 1. The zero-order chi connectivity index (χ0) is 11.9. The summed E-state index contributed by atoms with van der Waals surface area (Å²) in [4.78, 5) is 0. The van der Waals surface area contributed by atoms with Gasteiger partial charge in [-0.2, -0.15) is 0 Å². The topological polar surface area (TPSA) is 0 Å². The third kappa shape index (κ3) is 2.18. The second kappa shape index (κ2) is 3.73. The first-order valence-corrected chi connectivity index (χ1v) is 5.84. The zero-order valence-corrected chi connectivity index (χ0v) is 10.3. The summed E-state index contributed by atoms with van der Waals surface area (Å²) in [6.07, 6.45) is 1.22. The molecule has 1 fully saturated rings. The Labute approximate surface area is 97.2 Å². The highest BCUT2D eigenvalue weighted by molar-refractivity contribution is 5.67. The first-order chi connectivity index (χ1) is 7.39. The molecule has 0 bridgehead atoms. The van der Waals surface area contributed by atoms with Crippen LogP contribution in [0.2, 0.25) is 0 Å². The molecule has 0 aromatic heterocycles. The molecule has 1 aliphatic carbocycles. The fraction of sp³-hybridized carbons (Fsp3) is 0.467. The van der Waals surface area contributed by atoms with E-state index in [1.54, 1.807) is 0 Å². The molecule has 2 rings (SSSR count). The minimum absolute atomic E-state index is 0.181. The first-order valence-electron chi connectivity index (χ1n) is 5.84. The van der Waals surface area contributed by atoms with Crippen LogP contribution in [0.5, 0.6) is 0 Å². The van der Waals surface area contributed by atoms with Gasteiger partial charge in [-0.25, -0.2) is 4.39 Å². The molecule has 0 aliphatic heterocycles. The minimum atomic E-state index is -0.181. The Hall–Kier alpha value is -1.11. The summed E-state index contributed by atoms with van der Waals surface area (Å²) in [6, 6.07) is 6.68. The molecule has 0 N–H and O–H groups in total. The fourth-order valence-corrected chi connectivity index (χ4v) is 2.42. The van der Waals surface area contributed by atoms with Gasteiger partial charge >= 0.3 is 0 Å². The Morgan fingerprint density at radius 1 is 1.25 bits per heavy atom. The molecular formula is C15H19F. The minimum Gasteiger partial charge on any atom is -0.207 e. The van der Waals surface area contributed by atoms with E-state index in [1.807, 2.05) is 12.1 Å². The lowest BCUT2D eigenvalue weighted by molar-refractivity contribution is 0.341. The van der Waals surface area contributed by atoms with E-state index in [0.29, 0.717) is 11.3 Å². The second-order valence-corrected chi connectivity index (χ2v) is 5.85. The molecule has 0 amide bonds. The summed E-state index contributed by atoms with van der Waals surface area (Å²) in [7, 11) is 0. The lowest BCUT2D eigenvalue weighted by Crippen LogP contribution is -2.09. The molecule has 2 unspecified atom stereocenters. The molecule has 0 nitrogen and oxygen atoms in total. The van der Waals surface area contributed by atoms with Crippen LogP contribution in [-0.4, -0.2) is 0 Å². The van der Waals surface area contributed by atoms with Gasteiger partial charge in [0.25, 0.3) is 0 Å². The number of rotatable bonds is 2. The van der Waals surface area contributed by atoms with Gasteiger partial charge in [0.2, 0.25) is 0 Å². The van der Waals surface area contributed by atoms with E-state index in [1.165, 1.54) is 24.1 Å². The van der Waals surface area contributed by atoms with E-state index in [2.05, 4.69) is 27.4 Å². The average Bonchev–Trinajstić information content (AvgIpc) is 2.96. The Kier molecular flexibility index (Phi) is 2.65. The van der Waals surface area contributed by atoms with Crippen molar-refractivity contribution < 1.29 is 4.39 Å². The molecule has 0 heterocycles. The molecule has 0 radical (unpaired) electrons. The van der Waals surface area contributed by atoms with Crippen molar-refractivity contribution >= 4 is 5.57 Å². The lowest BCUT2D eigenvalue weighted by Gasteiger charge is -2.18. The van der Waals surface area contributed by atoms with Crippen molar-refractivity contribution in [3.8, 4) is 0 Å². The molecule has 2 atom stereocenters. The highest BCUT2D eigenvalue weighted by Crippen LogP contribution is 2.55. The van der Waals surface area contributed by atoms with Crippen LogP contribution in [-0.2, 0) is 0 Å². The van der Waals surface area contributed by atoms with Gasteiger partial charge < -0.3 is 0 Å². The maximum atomic E-state index is 12.8. The number of halogens is 1. The predicted molar refractivity (Wildman–Crippen MR) is 66.5 cm³/mol. The molecule has 1 aromatic rings. The summed E-state index contributed by atoms with van der Waals surface area (Å²) >= 11 is 0. The molecule has 1 saturated carbocycles. The quantitative estimate of drug-likeness (QED) is 0.684. The van der Waals surface area contributed by atoms with E-state index in [4.69, 9.17) is 0 Å². The molecule has 16 heavy (non-hydrogen) atoms. The third-order valence-electron chi connectivity index (χ3n) is 3.57. The van der Waals surface area contributed by atoms with E-state index in [9.17, 15) is 4.39 Å². The fourth-order valence-electron chi connectivity index (χ4n) is 2.42. The number of allylic oxidation sites excluding steroid dienone is 1. The monoisotopic (exact) mass is 218 g/mol. The normalized spacial score (nSPS) is 24.2. The highest BCUT2D eigenvalue weighted by atomic mass is 19.1. The van der Waals surface area contributed by atoms with Crippen LogP contribution in [0.25, 0.3) is 5.57 Å². The van der Waals surface area contributed by atoms with Crippen LogP contribution in [0.15, 0.2) is 30.8 Å². The van der Waals surface area contributed by atoms with Crippen molar-refractivity contribution in [1.82, 2.24) is 0 Å². The first kappa shape index (κ1) is 11.4. The van der Waals surface area contributed by atoms with Crippen LogP contribution in [0, 0.1) is 23.1 Å². The summed E-state index contributed by atoms with van der Waals surface area (Å²) in [5, 5.41) is 0. The molecule has 0 spiro atoms. The second-order valence-electron chi connectivity index (χ2n) is 5.85. The van der Waals surface area contributed by atoms with Crippen molar-refractivity contribution in [2.45, 2.75) is 27.2 Å². The zero-order valence-electron chi connectivity index (χ0n) is 10.3. The van der Waals surface area contributed by atoms with Crippen LogP contribution in [0.3, 0.4) is 0 Å². The maximum Gasteiger partial charge on any atom is 0.123 e. The van der Waals surface area contributed by atoms with Crippen LogP contribution in [0.1, 0.15) is 32.8 Å². The van der Waals surface area contributed by atoms with Gasteiger partial charge in [-0.05, 0) is 46.9 Å². The summed E-state index contributed by atoms with van der Waals surface area (Å²) in [5.41, 5.74) is 2.60. The van der Waals surface area contributed by atoms with Gasteiger partial charge in [0, 0.05) is 0 Å². The Balaban J connectivity index is 2.08. The SMILES string of the molecule is C=C(c1ccc(F)cc1)C1CC1C(C)(C)C. The van der Waals surface area contributed by atoms with Gasteiger partial charge in [-0.1, -0.05) is 39.5 Å². The molecule has 1 heteroatoms. The Bertz CT molecular complexity index is 394. The largest absolute Gasteiger partial charge is 0.207 e. The molecule has 0 saturated heterocycles. The summed E-state index contributed by atoms with van der Waals surface area (Å²) in [6.45, 7) is 11.0. The molecule has 86 valence electrons. The van der Waals surface area contributed by atoms with E-state index in [0.717, 1.165) is 11.5 Å². The smallest absolute Gasteiger partial charge is 0.123 e. The van der Waals surface area contributed by atoms with Crippen molar-refractivity contribution in [3.63, 3.8) is 0 Å². The predicted octanol–water partition coefficient (Wildman–Crippen LogP) is 4.52. The van der Waals surface area contributed by atoms with Crippen molar-refractivity contribution in [1.29, 1.82) is 0 Å². The van der Waals surface area contributed by atoms with Crippen molar-refractivity contribution in [3.05, 3.63) is 42.2 Å². The number of hydrogen-bond acceptors (Lipinski definition) is 0. The van der Waals surface area contributed by atoms with Crippen LogP contribution < -0.4 is 0 Å².